The fourth-order valence-electron chi connectivity index (χ4n) is 4.39. The third kappa shape index (κ3) is 7.66. The van der Waals surface area contributed by atoms with E-state index in [0.717, 1.165) is 6.04 Å². The van der Waals surface area contributed by atoms with E-state index in [1.807, 2.05) is 9.47 Å². The van der Waals surface area contributed by atoms with Gasteiger partial charge in [0.15, 0.2) is 16.6 Å². The topological polar surface area (TPSA) is 133 Å². The Labute approximate surface area is 259 Å². The largest absolute Gasteiger partial charge is 0.514 e. The Hall–Kier alpha value is -2.62. The van der Waals surface area contributed by atoms with Gasteiger partial charge in [-0.2, -0.15) is 0 Å². The minimum absolute atomic E-state index is 0.186. The number of rotatable bonds is 11. The standard InChI is InChI=1S/C26H36Cl2N6O6SSi/c1-15-18(27)19(28)20(30-15)23(35)31-16-7-9-33(13-17(16)37-2)25-32-21(24(41-25)40-26(36)38-3)22-29-8-10-34(22)14-39-11-12-42(4,5)6/h8,10,16-17,30H,7,9,11-14H2,1-6H3,(H,31,35)/t16-,17+/m1/s1. The van der Waals surface area contributed by atoms with Gasteiger partial charge >= 0.3 is 6.16 Å². The van der Waals surface area contributed by atoms with Gasteiger partial charge in [0.2, 0.25) is 5.06 Å². The summed E-state index contributed by atoms with van der Waals surface area (Å²) in [4.78, 5) is 39.3. The number of nitrogens with one attached hydrogen (secondary N) is 2. The van der Waals surface area contributed by atoms with E-state index in [1.165, 1.54) is 18.4 Å². The molecule has 3 aromatic heterocycles. The molecule has 0 spiro atoms. The van der Waals surface area contributed by atoms with Crippen LogP contribution in [0.4, 0.5) is 9.93 Å². The van der Waals surface area contributed by atoms with Crippen LogP contribution >= 0.6 is 34.5 Å². The van der Waals surface area contributed by atoms with E-state index in [4.69, 9.17) is 47.1 Å². The average Bonchev–Trinajstić information content (AvgIpc) is 3.65. The van der Waals surface area contributed by atoms with Crippen molar-refractivity contribution in [2.75, 3.05) is 38.8 Å². The van der Waals surface area contributed by atoms with E-state index in [0.29, 0.717) is 53.5 Å². The number of nitrogens with zero attached hydrogens (tertiary/aromatic N) is 4. The highest BCUT2D eigenvalue weighted by molar-refractivity contribution is 7.18. The number of aryl methyl sites for hydroxylation is 1. The van der Waals surface area contributed by atoms with Crippen molar-refractivity contribution in [2.45, 2.75) is 57.9 Å². The van der Waals surface area contributed by atoms with Gasteiger partial charge in [0.25, 0.3) is 5.91 Å². The molecular formula is C26H36Cl2N6O6SSi. The first kappa shape index (κ1) is 32.3. The van der Waals surface area contributed by atoms with Crippen LogP contribution in [-0.4, -0.2) is 85.7 Å². The van der Waals surface area contributed by atoms with Gasteiger partial charge in [-0.3, -0.25) is 4.79 Å². The zero-order valence-corrected chi connectivity index (χ0v) is 27.8. The smallest absolute Gasteiger partial charge is 0.437 e. The Bertz CT molecular complexity index is 1410. The van der Waals surface area contributed by atoms with Crippen LogP contribution in [0.5, 0.6) is 5.06 Å². The molecule has 0 aromatic carbocycles. The zero-order chi connectivity index (χ0) is 30.6. The number of hydrogen-bond donors (Lipinski definition) is 2. The lowest BCUT2D eigenvalue weighted by molar-refractivity contribution is 0.0540. The van der Waals surface area contributed by atoms with E-state index in [-0.39, 0.29) is 40.6 Å². The molecule has 0 unspecified atom stereocenters. The van der Waals surface area contributed by atoms with Crippen molar-refractivity contribution in [3.05, 3.63) is 33.8 Å². The lowest BCUT2D eigenvalue weighted by Gasteiger charge is -2.37. The lowest BCUT2D eigenvalue weighted by atomic mass is 10.0. The van der Waals surface area contributed by atoms with Crippen LogP contribution in [0.15, 0.2) is 12.4 Å². The monoisotopic (exact) mass is 658 g/mol. The summed E-state index contributed by atoms with van der Waals surface area (Å²) in [7, 11) is 1.60. The van der Waals surface area contributed by atoms with Gasteiger partial charge in [-0.05, 0) is 19.4 Å². The third-order valence-corrected chi connectivity index (χ3v) is 10.5. The minimum Gasteiger partial charge on any atom is -0.437 e. The molecule has 42 heavy (non-hydrogen) atoms. The fraction of sp³-hybridized carbons (Fsp3) is 0.538. The van der Waals surface area contributed by atoms with Gasteiger partial charge in [0, 0.05) is 53.0 Å². The van der Waals surface area contributed by atoms with Crippen molar-refractivity contribution in [2.24, 2.45) is 0 Å². The number of imidazole rings is 1. The molecule has 3 aromatic rings. The third-order valence-electron chi connectivity index (χ3n) is 6.81. The molecule has 230 valence electrons. The summed E-state index contributed by atoms with van der Waals surface area (Å²) in [5.41, 5.74) is 1.23. The Kier molecular flexibility index (Phi) is 10.6. The molecule has 12 nitrogen and oxygen atoms in total. The van der Waals surface area contributed by atoms with E-state index < -0.39 is 14.2 Å². The summed E-state index contributed by atoms with van der Waals surface area (Å²) < 4.78 is 23.7. The van der Waals surface area contributed by atoms with Crippen LogP contribution in [-0.2, 0) is 20.9 Å². The van der Waals surface area contributed by atoms with E-state index in [1.54, 1.807) is 26.4 Å². The summed E-state index contributed by atoms with van der Waals surface area (Å²) in [6, 6.07) is 0.756. The van der Waals surface area contributed by atoms with Gasteiger partial charge in [-0.1, -0.05) is 54.2 Å². The minimum atomic E-state index is -1.23. The highest BCUT2D eigenvalue weighted by Crippen LogP contribution is 2.40. The number of hydrogen-bond acceptors (Lipinski definition) is 10. The Morgan fingerprint density at radius 1 is 1.24 bits per heavy atom. The van der Waals surface area contributed by atoms with Crippen molar-refractivity contribution >= 4 is 59.8 Å². The molecule has 2 N–H and O–H groups in total. The predicted octanol–water partition coefficient (Wildman–Crippen LogP) is 5.43. The van der Waals surface area contributed by atoms with Gasteiger partial charge < -0.3 is 38.7 Å². The van der Waals surface area contributed by atoms with Crippen LogP contribution in [0.1, 0.15) is 22.6 Å². The van der Waals surface area contributed by atoms with Crippen LogP contribution in [0, 0.1) is 6.92 Å². The quantitative estimate of drug-likeness (QED) is 0.157. The van der Waals surface area contributed by atoms with E-state index in [9.17, 15) is 9.59 Å². The van der Waals surface area contributed by atoms with Crippen molar-refractivity contribution < 1.29 is 28.5 Å². The second kappa shape index (κ2) is 13.8. The molecule has 0 aliphatic carbocycles. The maximum Gasteiger partial charge on any atom is 0.514 e. The SMILES string of the molecule is COC(=O)Oc1sc(N2CC[C@@H](NC(=O)c3[nH]c(C)c(Cl)c3Cl)[C@@H](OC)C2)nc1-c1nccn1COCC[Si](C)(C)C. The molecular weight excluding hydrogens is 623 g/mol. The maximum absolute atomic E-state index is 13.0. The number of methoxy groups -OCH3 is 2. The maximum atomic E-state index is 13.0. The number of anilines is 1. The summed E-state index contributed by atoms with van der Waals surface area (Å²) >= 11 is 13.6. The summed E-state index contributed by atoms with van der Waals surface area (Å²) in [5, 5.41) is 4.38. The van der Waals surface area contributed by atoms with Gasteiger partial charge in [-0.25, -0.2) is 14.8 Å². The lowest BCUT2D eigenvalue weighted by Crippen LogP contribution is -2.55. The average molecular weight is 660 g/mol. The van der Waals surface area contributed by atoms with E-state index >= 15 is 0 Å². The Balaban J connectivity index is 1.51. The number of carbonyl (C=O) groups excluding carboxylic acids is 2. The first-order valence-electron chi connectivity index (χ1n) is 13.4. The molecule has 1 aliphatic rings. The fourth-order valence-corrected chi connectivity index (χ4v) is 6.51. The molecule has 4 rings (SSSR count). The zero-order valence-electron chi connectivity index (χ0n) is 24.5. The van der Waals surface area contributed by atoms with Crippen LogP contribution < -0.4 is 15.0 Å². The number of aromatic nitrogens is 4. The number of H-pyrrole nitrogens is 1. The predicted molar refractivity (Wildman–Crippen MR) is 165 cm³/mol. The molecule has 16 heteroatoms. The summed E-state index contributed by atoms with van der Waals surface area (Å²) in [6.45, 7) is 10.6. The molecule has 4 heterocycles. The number of piperidine rings is 1. The molecule has 1 saturated heterocycles. The second-order valence-corrected chi connectivity index (χ2v) is 18.4. The first-order chi connectivity index (χ1) is 19.9. The van der Waals surface area contributed by atoms with Crippen molar-refractivity contribution in [1.82, 2.24) is 24.8 Å². The second-order valence-electron chi connectivity index (χ2n) is 11.1. The van der Waals surface area contributed by atoms with Crippen LogP contribution in [0.3, 0.4) is 0 Å². The number of carbonyl (C=O) groups is 2. The van der Waals surface area contributed by atoms with Gasteiger partial charge in [0.1, 0.15) is 12.4 Å². The molecule has 1 aliphatic heterocycles. The Morgan fingerprint density at radius 2 is 2.00 bits per heavy atom. The van der Waals surface area contributed by atoms with Gasteiger partial charge in [0.05, 0.1) is 29.3 Å². The number of ether oxygens (including phenoxy) is 4. The molecule has 1 amide bonds. The molecule has 0 radical (unpaired) electrons. The highest BCUT2D eigenvalue weighted by atomic mass is 35.5. The molecule has 0 saturated carbocycles. The van der Waals surface area contributed by atoms with E-state index in [2.05, 4.69) is 34.9 Å². The Morgan fingerprint density at radius 3 is 2.64 bits per heavy atom. The first-order valence-corrected chi connectivity index (χ1v) is 18.7. The molecule has 2 atom stereocenters. The van der Waals surface area contributed by atoms with Crippen LogP contribution in [0.25, 0.3) is 11.5 Å². The van der Waals surface area contributed by atoms with Crippen molar-refractivity contribution in [3.8, 4) is 16.6 Å². The van der Waals surface area contributed by atoms with Crippen molar-refractivity contribution in [3.63, 3.8) is 0 Å². The van der Waals surface area contributed by atoms with Crippen molar-refractivity contribution in [1.29, 1.82) is 0 Å². The highest BCUT2D eigenvalue weighted by Gasteiger charge is 2.34. The van der Waals surface area contributed by atoms with Gasteiger partial charge in [-0.15, -0.1) is 0 Å². The number of halogens is 2. The summed E-state index contributed by atoms with van der Waals surface area (Å²) in [6.07, 6.45) is 2.80. The number of amides is 1. The number of aromatic amines is 1. The normalized spacial score (nSPS) is 17.4. The molecule has 1 fully saturated rings. The number of thiazole rings is 1. The van der Waals surface area contributed by atoms with Crippen LogP contribution in [0.2, 0.25) is 35.7 Å². The summed E-state index contributed by atoms with van der Waals surface area (Å²) in [5.74, 6) is 0.145. The molecule has 0 bridgehead atoms.